The predicted octanol–water partition coefficient (Wildman–Crippen LogP) is 2.53. The molecule has 1 aromatic carbocycles. The highest BCUT2D eigenvalue weighted by Gasteiger charge is 2.08. The van der Waals surface area contributed by atoms with Gasteiger partial charge in [-0.25, -0.2) is 0 Å². The molecule has 1 atom stereocenters. The van der Waals surface area contributed by atoms with E-state index in [-0.39, 0.29) is 18.5 Å². The highest BCUT2D eigenvalue weighted by Crippen LogP contribution is 2.14. The Morgan fingerprint density at radius 1 is 1.30 bits per heavy atom. The van der Waals surface area contributed by atoms with Gasteiger partial charge in [-0.3, -0.25) is 14.8 Å². The molecular weight excluding hydrogens is 320 g/mol. The van der Waals surface area contributed by atoms with E-state index in [9.17, 15) is 4.79 Å². The van der Waals surface area contributed by atoms with E-state index in [4.69, 9.17) is 0 Å². The van der Waals surface area contributed by atoms with E-state index < -0.39 is 0 Å². The number of aromatic nitrogens is 2. The van der Waals surface area contributed by atoms with E-state index in [0.29, 0.717) is 0 Å². The molecule has 0 spiro atoms. The average molecular weight is 335 g/mol. The SMILES string of the molecule is C[C@H](NCC(=O)Nc1ccc(Br)cc1)c1cnccn1. The van der Waals surface area contributed by atoms with E-state index in [1.165, 1.54) is 0 Å². The molecule has 0 saturated carbocycles. The summed E-state index contributed by atoms with van der Waals surface area (Å²) in [5.41, 5.74) is 1.58. The summed E-state index contributed by atoms with van der Waals surface area (Å²) in [7, 11) is 0. The first-order valence-corrected chi connectivity index (χ1v) is 6.99. The van der Waals surface area contributed by atoms with Gasteiger partial charge in [0.05, 0.1) is 12.2 Å². The molecule has 0 fully saturated rings. The fourth-order valence-corrected chi connectivity index (χ4v) is 1.89. The summed E-state index contributed by atoms with van der Waals surface area (Å²) in [6.07, 6.45) is 4.94. The molecule has 2 aromatic rings. The smallest absolute Gasteiger partial charge is 0.238 e. The molecule has 1 aromatic heterocycles. The van der Waals surface area contributed by atoms with Crippen molar-refractivity contribution < 1.29 is 4.79 Å². The third-order valence-electron chi connectivity index (χ3n) is 2.72. The molecule has 1 heterocycles. The van der Waals surface area contributed by atoms with Crippen LogP contribution in [0, 0.1) is 0 Å². The normalized spacial score (nSPS) is 11.9. The molecule has 0 aliphatic heterocycles. The quantitative estimate of drug-likeness (QED) is 0.881. The van der Waals surface area contributed by atoms with Gasteiger partial charge in [-0.2, -0.15) is 0 Å². The number of hydrogen-bond acceptors (Lipinski definition) is 4. The van der Waals surface area contributed by atoms with Crippen molar-refractivity contribution in [3.8, 4) is 0 Å². The average Bonchev–Trinajstić information content (AvgIpc) is 2.48. The maximum absolute atomic E-state index is 11.8. The lowest BCUT2D eigenvalue weighted by atomic mass is 10.2. The molecule has 0 saturated heterocycles. The number of hydrogen-bond donors (Lipinski definition) is 2. The van der Waals surface area contributed by atoms with Crippen molar-refractivity contribution in [2.45, 2.75) is 13.0 Å². The van der Waals surface area contributed by atoms with Crippen molar-refractivity contribution in [1.82, 2.24) is 15.3 Å². The van der Waals surface area contributed by atoms with Crippen LogP contribution in [0.3, 0.4) is 0 Å². The van der Waals surface area contributed by atoms with Gasteiger partial charge in [0, 0.05) is 34.8 Å². The van der Waals surface area contributed by atoms with Gasteiger partial charge in [0.2, 0.25) is 5.91 Å². The molecule has 0 unspecified atom stereocenters. The topological polar surface area (TPSA) is 66.9 Å². The van der Waals surface area contributed by atoms with Crippen LogP contribution in [-0.2, 0) is 4.79 Å². The maximum atomic E-state index is 11.8. The number of benzene rings is 1. The van der Waals surface area contributed by atoms with Crippen LogP contribution in [0.4, 0.5) is 5.69 Å². The molecule has 2 rings (SSSR count). The second-order valence-electron chi connectivity index (χ2n) is 4.29. The molecule has 0 aliphatic rings. The van der Waals surface area contributed by atoms with Crippen molar-refractivity contribution in [3.63, 3.8) is 0 Å². The van der Waals surface area contributed by atoms with Crippen LogP contribution in [0.5, 0.6) is 0 Å². The summed E-state index contributed by atoms with van der Waals surface area (Å²) in [6.45, 7) is 2.16. The zero-order chi connectivity index (χ0) is 14.4. The van der Waals surface area contributed by atoms with Gasteiger partial charge in [0.1, 0.15) is 0 Å². The molecular formula is C14H15BrN4O. The van der Waals surface area contributed by atoms with E-state index in [1.807, 2.05) is 31.2 Å². The first-order valence-electron chi connectivity index (χ1n) is 6.20. The Labute approximate surface area is 126 Å². The van der Waals surface area contributed by atoms with Crippen molar-refractivity contribution >= 4 is 27.5 Å². The Hall–Kier alpha value is -1.79. The highest BCUT2D eigenvalue weighted by atomic mass is 79.9. The molecule has 0 bridgehead atoms. The minimum Gasteiger partial charge on any atom is -0.325 e. The first-order chi connectivity index (χ1) is 9.65. The van der Waals surface area contributed by atoms with Gasteiger partial charge in [0.25, 0.3) is 0 Å². The fraction of sp³-hybridized carbons (Fsp3) is 0.214. The predicted molar refractivity (Wildman–Crippen MR) is 81.2 cm³/mol. The standard InChI is InChI=1S/C14H15BrN4O/c1-10(13-8-16-6-7-17-13)18-9-14(20)19-12-4-2-11(15)3-5-12/h2-8,10,18H,9H2,1H3,(H,19,20)/t10-/m0/s1. The van der Waals surface area contributed by atoms with Crippen LogP contribution >= 0.6 is 15.9 Å². The summed E-state index contributed by atoms with van der Waals surface area (Å²) >= 11 is 3.35. The summed E-state index contributed by atoms with van der Waals surface area (Å²) in [6, 6.07) is 7.41. The number of anilines is 1. The van der Waals surface area contributed by atoms with Gasteiger partial charge in [-0.15, -0.1) is 0 Å². The number of halogens is 1. The second-order valence-corrected chi connectivity index (χ2v) is 5.20. The Kier molecular flexibility index (Phi) is 5.20. The largest absolute Gasteiger partial charge is 0.325 e. The van der Waals surface area contributed by atoms with Crippen LogP contribution in [0.25, 0.3) is 0 Å². The maximum Gasteiger partial charge on any atom is 0.238 e. The van der Waals surface area contributed by atoms with E-state index in [2.05, 4.69) is 36.5 Å². The number of amides is 1. The molecule has 5 nitrogen and oxygen atoms in total. The van der Waals surface area contributed by atoms with Gasteiger partial charge >= 0.3 is 0 Å². The Morgan fingerprint density at radius 2 is 2.05 bits per heavy atom. The summed E-state index contributed by atoms with van der Waals surface area (Å²) in [5, 5.41) is 5.92. The van der Waals surface area contributed by atoms with Crippen molar-refractivity contribution in [1.29, 1.82) is 0 Å². The molecule has 0 aliphatic carbocycles. The molecule has 0 radical (unpaired) electrons. The van der Waals surface area contributed by atoms with Crippen LogP contribution in [-0.4, -0.2) is 22.4 Å². The summed E-state index contributed by atoms with van der Waals surface area (Å²) in [4.78, 5) is 20.0. The highest BCUT2D eigenvalue weighted by molar-refractivity contribution is 9.10. The summed E-state index contributed by atoms with van der Waals surface area (Å²) < 4.78 is 0.977. The number of nitrogens with zero attached hydrogens (tertiary/aromatic N) is 2. The van der Waals surface area contributed by atoms with E-state index in [1.54, 1.807) is 18.6 Å². The number of rotatable bonds is 5. The number of carbonyl (C=O) groups excluding carboxylic acids is 1. The van der Waals surface area contributed by atoms with Crippen LogP contribution < -0.4 is 10.6 Å². The van der Waals surface area contributed by atoms with Crippen molar-refractivity contribution in [3.05, 3.63) is 53.0 Å². The molecule has 6 heteroatoms. The van der Waals surface area contributed by atoms with E-state index in [0.717, 1.165) is 15.9 Å². The van der Waals surface area contributed by atoms with E-state index >= 15 is 0 Å². The Bertz CT molecular complexity index is 559. The second kappa shape index (κ2) is 7.12. The lowest BCUT2D eigenvalue weighted by Gasteiger charge is -2.12. The summed E-state index contributed by atoms with van der Waals surface area (Å²) in [5.74, 6) is -0.0944. The molecule has 20 heavy (non-hydrogen) atoms. The third kappa shape index (κ3) is 4.40. The Morgan fingerprint density at radius 3 is 2.70 bits per heavy atom. The van der Waals surface area contributed by atoms with Gasteiger partial charge in [0.15, 0.2) is 0 Å². The zero-order valence-electron chi connectivity index (χ0n) is 11.0. The first kappa shape index (κ1) is 14.6. The number of carbonyl (C=O) groups is 1. The monoisotopic (exact) mass is 334 g/mol. The Balaban J connectivity index is 1.82. The van der Waals surface area contributed by atoms with Gasteiger partial charge in [-0.1, -0.05) is 15.9 Å². The van der Waals surface area contributed by atoms with Crippen molar-refractivity contribution in [2.75, 3.05) is 11.9 Å². The van der Waals surface area contributed by atoms with Crippen LogP contribution in [0.1, 0.15) is 18.7 Å². The van der Waals surface area contributed by atoms with Gasteiger partial charge < -0.3 is 10.6 Å². The lowest BCUT2D eigenvalue weighted by molar-refractivity contribution is -0.115. The zero-order valence-corrected chi connectivity index (χ0v) is 12.6. The minimum atomic E-state index is -0.0944. The molecule has 1 amide bonds. The van der Waals surface area contributed by atoms with Crippen LogP contribution in [0.15, 0.2) is 47.3 Å². The van der Waals surface area contributed by atoms with Gasteiger partial charge in [-0.05, 0) is 31.2 Å². The molecule has 2 N–H and O–H groups in total. The van der Waals surface area contributed by atoms with Crippen LogP contribution in [0.2, 0.25) is 0 Å². The molecule has 104 valence electrons. The van der Waals surface area contributed by atoms with Crippen molar-refractivity contribution in [2.24, 2.45) is 0 Å². The third-order valence-corrected chi connectivity index (χ3v) is 3.25. The fourth-order valence-electron chi connectivity index (χ4n) is 1.62. The lowest BCUT2D eigenvalue weighted by Crippen LogP contribution is -2.30. The number of nitrogens with one attached hydrogen (secondary N) is 2. The minimum absolute atomic E-state index is 0.0284.